The smallest absolute Gasteiger partial charge is 0.433 e. The van der Waals surface area contributed by atoms with E-state index in [2.05, 4.69) is 26.9 Å². The minimum absolute atomic E-state index is 0.216. The zero-order valence-electron chi connectivity index (χ0n) is 24.5. The van der Waals surface area contributed by atoms with Crippen LogP contribution < -0.4 is 9.80 Å². The highest BCUT2D eigenvalue weighted by atomic mass is 35.5. The van der Waals surface area contributed by atoms with E-state index in [0.717, 1.165) is 85.9 Å². The summed E-state index contributed by atoms with van der Waals surface area (Å²) in [6.45, 7) is 3.91. The van der Waals surface area contributed by atoms with E-state index in [1.807, 2.05) is 40.1 Å². The predicted molar refractivity (Wildman–Crippen MR) is 162 cm³/mol. The fourth-order valence-corrected chi connectivity index (χ4v) is 6.68. The van der Waals surface area contributed by atoms with Crippen LogP contribution in [0.5, 0.6) is 0 Å². The molecule has 1 unspecified atom stereocenters. The molecule has 3 heterocycles. The number of anilines is 2. The van der Waals surface area contributed by atoms with Gasteiger partial charge in [0.05, 0.1) is 19.3 Å². The minimum atomic E-state index is -4.77. The van der Waals surface area contributed by atoms with Gasteiger partial charge in [0.15, 0.2) is 5.69 Å². The number of carbonyl (C=O) groups excluding carboxylic acids is 2. The van der Waals surface area contributed by atoms with Gasteiger partial charge in [0.25, 0.3) is 0 Å². The Kier molecular flexibility index (Phi) is 8.50. The van der Waals surface area contributed by atoms with E-state index in [-0.39, 0.29) is 12.5 Å². The van der Waals surface area contributed by atoms with E-state index in [9.17, 15) is 22.8 Å². The van der Waals surface area contributed by atoms with Crippen molar-refractivity contribution in [2.75, 3.05) is 56.2 Å². The van der Waals surface area contributed by atoms with Crippen molar-refractivity contribution >= 4 is 34.9 Å². The second-order valence-electron chi connectivity index (χ2n) is 11.7. The Bertz CT molecular complexity index is 1510. The topological polar surface area (TPSA) is 70.9 Å². The number of aromatic nitrogens is 2. The van der Waals surface area contributed by atoms with Crippen molar-refractivity contribution in [1.29, 1.82) is 0 Å². The van der Waals surface area contributed by atoms with Crippen molar-refractivity contribution < 1.29 is 27.5 Å². The van der Waals surface area contributed by atoms with E-state index >= 15 is 0 Å². The molecule has 3 aliphatic rings. The Morgan fingerprint density at radius 3 is 2.30 bits per heavy atom. The first kappa shape index (κ1) is 30.3. The molecule has 234 valence electrons. The fraction of sp³-hybridized carbons (Fsp3) is 0.469. The molecule has 6 rings (SSSR count). The summed E-state index contributed by atoms with van der Waals surface area (Å²) in [5.41, 5.74) is 2.11. The fourth-order valence-electron chi connectivity index (χ4n) is 6.51. The molecule has 1 aliphatic carbocycles. The molecule has 3 aromatic rings. The maximum atomic E-state index is 14.1. The van der Waals surface area contributed by atoms with Crippen molar-refractivity contribution in [1.82, 2.24) is 14.7 Å². The third kappa shape index (κ3) is 5.98. The van der Waals surface area contributed by atoms with Gasteiger partial charge in [-0.2, -0.15) is 18.3 Å². The van der Waals surface area contributed by atoms with Crippen LogP contribution >= 0.6 is 11.6 Å². The molecule has 2 saturated heterocycles. The van der Waals surface area contributed by atoms with E-state index in [1.54, 1.807) is 0 Å². The van der Waals surface area contributed by atoms with Crippen molar-refractivity contribution in [2.45, 2.75) is 44.3 Å². The number of hydrogen-bond acceptors (Lipinski definition) is 6. The summed E-state index contributed by atoms with van der Waals surface area (Å²) in [6.07, 6.45) is 0.452. The molecule has 0 spiro atoms. The number of hydrogen-bond donors (Lipinski definition) is 0. The standard InChI is InChI=1S/C32H35ClF3N5O3/c1-44-31(43)27-19-37-41(29(27)32(34,35)36)25-6-3-13-40(20-25)28-18-23(33)9-12-26(28)21-7-10-24(11-8-21)38-14-16-39(17-15-38)30(42)22-4-2-5-22/h7-12,18-19,22,25H,2-6,13-17,20H2,1H3. The molecular formula is C32H35ClF3N5O3. The highest BCUT2D eigenvalue weighted by Crippen LogP contribution is 2.40. The van der Waals surface area contributed by atoms with Gasteiger partial charge in [0.2, 0.25) is 5.91 Å². The summed E-state index contributed by atoms with van der Waals surface area (Å²) >= 11 is 6.43. The number of piperidine rings is 1. The van der Waals surface area contributed by atoms with Crippen LogP contribution in [0, 0.1) is 5.92 Å². The van der Waals surface area contributed by atoms with Crippen LogP contribution in [0.15, 0.2) is 48.7 Å². The van der Waals surface area contributed by atoms with Crippen LogP contribution in [0.3, 0.4) is 0 Å². The number of amides is 1. The van der Waals surface area contributed by atoms with Crippen molar-refractivity contribution in [3.63, 3.8) is 0 Å². The Hall–Kier alpha value is -3.73. The lowest BCUT2D eigenvalue weighted by atomic mass is 9.84. The maximum Gasteiger partial charge on any atom is 0.433 e. The zero-order chi connectivity index (χ0) is 31.0. The second-order valence-corrected chi connectivity index (χ2v) is 12.2. The Balaban J connectivity index is 1.20. The van der Waals surface area contributed by atoms with Crippen molar-refractivity contribution in [3.05, 3.63) is 64.9 Å². The first-order valence-corrected chi connectivity index (χ1v) is 15.4. The quantitative estimate of drug-likeness (QED) is 0.298. The van der Waals surface area contributed by atoms with Gasteiger partial charge in [0, 0.05) is 67.1 Å². The first-order chi connectivity index (χ1) is 21.1. The highest BCUT2D eigenvalue weighted by Gasteiger charge is 2.42. The lowest BCUT2D eigenvalue weighted by molar-refractivity contribution is -0.145. The number of carbonyl (C=O) groups is 2. The van der Waals surface area contributed by atoms with Gasteiger partial charge >= 0.3 is 12.1 Å². The lowest BCUT2D eigenvalue weighted by Gasteiger charge is -2.39. The number of benzene rings is 2. The summed E-state index contributed by atoms with van der Waals surface area (Å²) in [6, 6.07) is 13.2. The molecule has 12 heteroatoms. The molecule has 8 nitrogen and oxygen atoms in total. The molecule has 1 amide bonds. The molecule has 2 aromatic carbocycles. The zero-order valence-corrected chi connectivity index (χ0v) is 25.3. The lowest BCUT2D eigenvalue weighted by Crippen LogP contribution is -2.51. The van der Waals surface area contributed by atoms with E-state index in [4.69, 9.17) is 11.6 Å². The number of esters is 1. The summed E-state index contributed by atoms with van der Waals surface area (Å²) in [5.74, 6) is -0.554. The van der Waals surface area contributed by atoms with E-state index < -0.39 is 29.4 Å². The molecule has 3 fully saturated rings. The number of alkyl halides is 3. The van der Waals surface area contributed by atoms with Gasteiger partial charge in [0.1, 0.15) is 5.56 Å². The summed E-state index contributed by atoms with van der Waals surface area (Å²) in [5, 5.41) is 4.53. The van der Waals surface area contributed by atoms with Crippen LogP contribution in [0.25, 0.3) is 11.1 Å². The molecule has 0 N–H and O–H groups in total. The number of piperazine rings is 1. The average Bonchev–Trinajstić information content (AvgIpc) is 3.47. The summed E-state index contributed by atoms with van der Waals surface area (Å²) in [7, 11) is 1.05. The maximum absolute atomic E-state index is 14.1. The summed E-state index contributed by atoms with van der Waals surface area (Å²) < 4.78 is 47.8. The Labute approximate surface area is 259 Å². The molecule has 44 heavy (non-hydrogen) atoms. The van der Waals surface area contributed by atoms with Gasteiger partial charge in [-0.3, -0.25) is 9.48 Å². The molecule has 2 aliphatic heterocycles. The highest BCUT2D eigenvalue weighted by molar-refractivity contribution is 6.31. The monoisotopic (exact) mass is 629 g/mol. The SMILES string of the molecule is COC(=O)c1cnn(C2CCCN(c3cc(Cl)ccc3-c3ccc(N4CCN(C(=O)C5CCC5)CC4)cc3)C2)c1C(F)(F)F. The molecular weight excluding hydrogens is 595 g/mol. The third-order valence-corrected chi connectivity index (χ3v) is 9.34. The van der Waals surface area contributed by atoms with Gasteiger partial charge in [-0.1, -0.05) is 36.2 Å². The second kappa shape index (κ2) is 12.3. The van der Waals surface area contributed by atoms with Gasteiger partial charge in [-0.25, -0.2) is 4.79 Å². The van der Waals surface area contributed by atoms with Crippen LogP contribution in [-0.4, -0.2) is 72.9 Å². The summed E-state index contributed by atoms with van der Waals surface area (Å²) in [4.78, 5) is 31.1. The molecule has 0 radical (unpaired) electrons. The van der Waals surface area contributed by atoms with Crippen molar-refractivity contribution in [3.8, 4) is 11.1 Å². The van der Waals surface area contributed by atoms with Gasteiger partial charge in [-0.15, -0.1) is 0 Å². The molecule has 0 bridgehead atoms. The largest absolute Gasteiger partial charge is 0.465 e. The Morgan fingerprint density at radius 2 is 1.66 bits per heavy atom. The molecule has 1 saturated carbocycles. The van der Waals surface area contributed by atoms with Crippen molar-refractivity contribution in [2.24, 2.45) is 5.92 Å². The van der Waals surface area contributed by atoms with Crippen LogP contribution in [0.2, 0.25) is 5.02 Å². The number of ether oxygens (including phenoxy) is 1. The number of rotatable bonds is 6. The van der Waals surface area contributed by atoms with Gasteiger partial charge in [-0.05, 0) is 55.5 Å². The number of methoxy groups -OCH3 is 1. The van der Waals surface area contributed by atoms with Crippen LogP contribution in [0.4, 0.5) is 24.5 Å². The predicted octanol–water partition coefficient (Wildman–Crippen LogP) is 6.30. The van der Waals surface area contributed by atoms with E-state index in [0.29, 0.717) is 30.3 Å². The van der Waals surface area contributed by atoms with Crippen LogP contribution in [0.1, 0.15) is 54.2 Å². The first-order valence-electron chi connectivity index (χ1n) is 15.1. The average molecular weight is 630 g/mol. The van der Waals surface area contributed by atoms with E-state index in [1.165, 1.54) is 0 Å². The van der Waals surface area contributed by atoms with Crippen LogP contribution in [-0.2, 0) is 15.7 Å². The third-order valence-electron chi connectivity index (χ3n) is 9.10. The Morgan fingerprint density at radius 1 is 0.932 bits per heavy atom. The number of halogens is 4. The molecule has 1 atom stereocenters. The van der Waals surface area contributed by atoms with Gasteiger partial charge < -0.3 is 19.4 Å². The molecule has 1 aromatic heterocycles. The normalized spacial score (nSPS) is 19.6. The minimum Gasteiger partial charge on any atom is -0.465 e. The number of nitrogens with zero attached hydrogens (tertiary/aromatic N) is 5.